The summed E-state index contributed by atoms with van der Waals surface area (Å²) in [6.45, 7) is 0. The fourth-order valence-electron chi connectivity index (χ4n) is 1.95. The molecule has 0 aliphatic carbocycles. The molecule has 3 amide bonds. The van der Waals surface area contributed by atoms with Gasteiger partial charge in [-0.15, -0.1) is 0 Å². The van der Waals surface area contributed by atoms with Gasteiger partial charge in [-0.05, 0) is 42.5 Å². The Kier molecular flexibility index (Phi) is 4.18. The summed E-state index contributed by atoms with van der Waals surface area (Å²) in [6.07, 6.45) is 0. The molecule has 0 spiro atoms. The zero-order valence-electron chi connectivity index (χ0n) is 11.6. The minimum atomic E-state index is -0.671. The van der Waals surface area contributed by atoms with E-state index in [1.54, 1.807) is 42.5 Å². The van der Waals surface area contributed by atoms with E-state index in [4.69, 9.17) is 23.2 Å². The Morgan fingerprint density at radius 2 is 1.70 bits per heavy atom. The second-order valence-electron chi connectivity index (χ2n) is 4.66. The molecule has 1 aromatic heterocycles. The third-order valence-electron chi connectivity index (χ3n) is 2.99. The number of fused-ring (bicyclic) bond motifs is 1. The van der Waals surface area contributed by atoms with Gasteiger partial charge in [0.15, 0.2) is 5.82 Å². The smallest absolute Gasteiger partial charge is 0.326 e. The van der Waals surface area contributed by atoms with Crippen molar-refractivity contribution in [3.05, 3.63) is 58.3 Å². The monoisotopic (exact) mass is 348 g/mol. The molecule has 0 fully saturated rings. The van der Waals surface area contributed by atoms with Crippen LogP contribution in [0.3, 0.4) is 0 Å². The number of amides is 3. The first kappa shape index (κ1) is 15.3. The van der Waals surface area contributed by atoms with Crippen LogP contribution in [0, 0.1) is 0 Å². The van der Waals surface area contributed by atoms with Crippen LogP contribution in [-0.2, 0) is 0 Å². The molecule has 3 aromatic rings. The largest absolute Gasteiger partial charge is 0.334 e. The van der Waals surface area contributed by atoms with E-state index in [0.717, 1.165) is 0 Å². The van der Waals surface area contributed by atoms with Crippen molar-refractivity contribution >= 4 is 51.9 Å². The van der Waals surface area contributed by atoms with Crippen LogP contribution < -0.4 is 10.6 Å². The van der Waals surface area contributed by atoms with E-state index in [1.807, 2.05) is 0 Å². The second-order valence-corrected chi connectivity index (χ2v) is 5.53. The van der Waals surface area contributed by atoms with E-state index in [-0.39, 0.29) is 5.82 Å². The normalized spacial score (nSPS) is 10.5. The molecule has 0 radical (unpaired) electrons. The molecule has 0 saturated heterocycles. The first-order chi connectivity index (χ1) is 11.0. The van der Waals surface area contributed by atoms with Crippen molar-refractivity contribution in [1.82, 2.24) is 15.3 Å². The van der Waals surface area contributed by atoms with Crippen LogP contribution in [0.25, 0.3) is 11.0 Å². The van der Waals surface area contributed by atoms with Crippen LogP contribution in [0.5, 0.6) is 0 Å². The first-order valence-corrected chi connectivity index (χ1v) is 7.30. The lowest BCUT2D eigenvalue weighted by molar-refractivity contribution is 0.0958. The summed E-state index contributed by atoms with van der Waals surface area (Å²) in [5.74, 6) is -0.627. The van der Waals surface area contributed by atoms with Crippen LogP contribution in [0.15, 0.2) is 42.5 Å². The number of nitrogens with zero attached hydrogens (tertiary/aromatic N) is 1. The predicted molar refractivity (Wildman–Crippen MR) is 89.0 cm³/mol. The Bertz CT molecular complexity index is 890. The molecule has 23 heavy (non-hydrogen) atoms. The van der Waals surface area contributed by atoms with Gasteiger partial charge in [-0.2, -0.15) is 0 Å². The van der Waals surface area contributed by atoms with Crippen molar-refractivity contribution in [1.29, 1.82) is 0 Å². The highest BCUT2D eigenvalue weighted by Crippen LogP contribution is 2.17. The van der Waals surface area contributed by atoms with Crippen LogP contribution in [0.4, 0.5) is 10.5 Å². The van der Waals surface area contributed by atoms with E-state index < -0.39 is 11.9 Å². The van der Waals surface area contributed by atoms with Crippen molar-refractivity contribution in [2.24, 2.45) is 0 Å². The van der Waals surface area contributed by atoms with Crippen LogP contribution >= 0.6 is 23.2 Å². The maximum atomic E-state index is 12.0. The SMILES string of the molecule is O=C(NC(=O)c1nc2ccc(Cl)cc2[nH]1)Nc1ccc(Cl)cc1. The van der Waals surface area contributed by atoms with Crippen LogP contribution in [0.2, 0.25) is 10.0 Å². The highest BCUT2D eigenvalue weighted by molar-refractivity contribution is 6.31. The number of aromatic nitrogens is 2. The molecule has 0 aliphatic rings. The summed E-state index contributed by atoms with van der Waals surface area (Å²) in [5.41, 5.74) is 1.70. The van der Waals surface area contributed by atoms with E-state index in [2.05, 4.69) is 20.6 Å². The number of nitrogens with one attached hydrogen (secondary N) is 3. The quantitative estimate of drug-likeness (QED) is 0.657. The van der Waals surface area contributed by atoms with Crippen molar-refractivity contribution in [2.45, 2.75) is 0 Å². The maximum Gasteiger partial charge on any atom is 0.326 e. The lowest BCUT2D eigenvalue weighted by atomic mass is 10.3. The van der Waals surface area contributed by atoms with Crippen LogP contribution in [-0.4, -0.2) is 21.9 Å². The van der Waals surface area contributed by atoms with Crippen molar-refractivity contribution in [3.8, 4) is 0 Å². The van der Waals surface area contributed by atoms with E-state index in [1.165, 1.54) is 0 Å². The minimum absolute atomic E-state index is 0.0218. The molecule has 8 heteroatoms. The van der Waals surface area contributed by atoms with Gasteiger partial charge in [-0.3, -0.25) is 10.1 Å². The number of carbonyl (C=O) groups is 2. The number of H-pyrrole nitrogens is 1. The number of halogens is 2. The fraction of sp³-hybridized carbons (Fsp3) is 0. The molecule has 0 unspecified atom stereocenters. The Balaban J connectivity index is 1.69. The van der Waals surface area contributed by atoms with E-state index >= 15 is 0 Å². The van der Waals surface area contributed by atoms with Gasteiger partial charge in [0.2, 0.25) is 0 Å². The van der Waals surface area contributed by atoms with Gasteiger partial charge < -0.3 is 10.3 Å². The van der Waals surface area contributed by atoms with Crippen LogP contribution in [0.1, 0.15) is 10.6 Å². The first-order valence-electron chi connectivity index (χ1n) is 6.54. The lowest BCUT2D eigenvalue weighted by Gasteiger charge is -2.05. The van der Waals surface area contributed by atoms with Crippen molar-refractivity contribution in [3.63, 3.8) is 0 Å². The van der Waals surface area contributed by atoms with Gasteiger partial charge in [0.05, 0.1) is 11.0 Å². The zero-order chi connectivity index (χ0) is 16.4. The number of anilines is 1. The number of benzene rings is 2. The highest BCUT2D eigenvalue weighted by Gasteiger charge is 2.14. The second kappa shape index (κ2) is 6.28. The molecule has 1 heterocycles. The lowest BCUT2D eigenvalue weighted by Crippen LogP contribution is -2.34. The Labute approximate surface area is 140 Å². The van der Waals surface area contributed by atoms with E-state index in [9.17, 15) is 9.59 Å². The average molecular weight is 349 g/mol. The maximum absolute atomic E-state index is 12.0. The number of rotatable bonds is 2. The summed E-state index contributed by atoms with van der Waals surface area (Å²) in [7, 11) is 0. The average Bonchev–Trinajstić information content (AvgIpc) is 2.92. The van der Waals surface area contributed by atoms with Gasteiger partial charge in [0.1, 0.15) is 0 Å². The highest BCUT2D eigenvalue weighted by atomic mass is 35.5. The third-order valence-corrected chi connectivity index (χ3v) is 3.48. The molecule has 3 rings (SSSR count). The molecule has 6 nitrogen and oxygen atoms in total. The molecule has 0 saturated carbocycles. The standard InChI is InChI=1S/C15H10Cl2N4O2/c16-8-1-4-10(5-2-8)18-15(23)21-14(22)13-19-11-6-3-9(17)7-12(11)20-13/h1-7H,(H,19,20)(H2,18,21,22,23). The molecular formula is C15H10Cl2N4O2. The van der Waals surface area contributed by atoms with Gasteiger partial charge in [-0.1, -0.05) is 23.2 Å². The zero-order valence-corrected chi connectivity index (χ0v) is 13.1. The number of imidazole rings is 1. The molecular weight excluding hydrogens is 339 g/mol. The summed E-state index contributed by atoms with van der Waals surface area (Å²) in [6, 6.07) is 10.8. The number of carbonyl (C=O) groups excluding carboxylic acids is 2. The third kappa shape index (κ3) is 3.61. The summed E-state index contributed by atoms with van der Waals surface area (Å²) in [4.78, 5) is 30.8. The fourth-order valence-corrected chi connectivity index (χ4v) is 2.25. The molecule has 116 valence electrons. The number of urea groups is 1. The van der Waals surface area contributed by atoms with Gasteiger partial charge in [0.25, 0.3) is 5.91 Å². The molecule has 0 atom stereocenters. The van der Waals surface area contributed by atoms with Crippen molar-refractivity contribution in [2.75, 3.05) is 5.32 Å². The Morgan fingerprint density at radius 3 is 2.43 bits per heavy atom. The number of hydrogen-bond donors (Lipinski definition) is 3. The topological polar surface area (TPSA) is 86.9 Å². The van der Waals surface area contributed by atoms with Crippen molar-refractivity contribution < 1.29 is 9.59 Å². The summed E-state index contributed by atoms with van der Waals surface area (Å²) >= 11 is 11.6. The van der Waals surface area contributed by atoms with Gasteiger partial charge in [-0.25, -0.2) is 9.78 Å². The predicted octanol–water partition coefficient (Wildman–Crippen LogP) is 3.83. The summed E-state index contributed by atoms with van der Waals surface area (Å²) in [5, 5.41) is 5.78. The molecule has 0 bridgehead atoms. The number of aromatic amines is 1. The molecule has 0 aliphatic heterocycles. The molecule has 2 aromatic carbocycles. The minimum Gasteiger partial charge on any atom is -0.334 e. The Hall–Kier alpha value is -2.57. The van der Waals surface area contributed by atoms with Gasteiger partial charge >= 0.3 is 6.03 Å². The van der Waals surface area contributed by atoms with E-state index in [0.29, 0.717) is 26.8 Å². The van der Waals surface area contributed by atoms with Gasteiger partial charge in [0, 0.05) is 15.7 Å². The summed E-state index contributed by atoms with van der Waals surface area (Å²) < 4.78 is 0. The Morgan fingerprint density at radius 1 is 1.00 bits per heavy atom. The number of imide groups is 1. The molecule has 3 N–H and O–H groups in total. The number of hydrogen-bond acceptors (Lipinski definition) is 3.